The standard InChI is InChI=1S/C19H23N3O3S/c1-25-17-4-2-3-15(13-17)19(24)22-10-8-21(9-11-22)7-6-20-18(23)16-5-12-26-14-16/h2-5,12-14H,6-11H2,1H3,(H,20,23). The molecule has 1 aromatic heterocycles. The van der Waals surface area contributed by atoms with E-state index < -0.39 is 0 Å². The fourth-order valence-electron chi connectivity index (χ4n) is 2.94. The molecule has 0 atom stereocenters. The molecule has 2 aromatic rings. The predicted molar refractivity (Wildman–Crippen MR) is 102 cm³/mol. The van der Waals surface area contributed by atoms with Gasteiger partial charge < -0.3 is 15.0 Å². The molecule has 0 spiro atoms. The third-order valence-electron chi connectivity index (χ3n) is 4.47. The summed E-state index contributed by atoms with van der Waals surface area (Å²) in [6, 6.07) is 9.08. The molecule has 2 amide bonds. The topological polar surface area (TPSA) is 61.9 Å². The molecule has 0 saturated carbocycles. The van der Waals surface area contributed by atoms with Gasteiger partial charge in [-0.3, -0.25) is 14.5 Å². The largest absolute Gasteiger partial charge is 0.497 e. The normalized spacial score (nSPS) is 14.9. The molecule has 1 saturated heterocycles. The van der Waals surface area contributed by atoms with Crippen LogP contribution in [0.25, 0.3) is 0 Å². The van der Waals surface area contributed by atoms with E-state index in [4.69, 9.17) is 4.74 Å². The van der Waals surface area contributed by atoms with Crippen LogP contribution in [0.2, 0.25) is 0 Å². The first kappa shape index (κ1) is 18.4. The van der Waals surface area contributed by atoms with Gasteiger partial charge in [0.25, 0.3) is 11.8 Å². The number of rotatable bonds is 6. The number of nitrogens with zero attached hydrogens (tertiary/aromatic N) is 2. The SMILES string of the molecule is COc1cccc(C(=O)N2CCN(CCNC(=O)c3ccsc3)CC2)c1. The smallest absolute Gasteiger partial charge is 0.254 e. The van der Waals surface area contributed by atoms with Crippen LogP contribution in [-0.2, 0) is 0 Å². The van der Waals surface area contributed by atoms with Crippen LogP contribution in [0.5, 0.6) is 5.75 Å². The van der Waals surface area contributed by atoms with Crippen molar-refractivity contribution >= 4 is 23.2 Å². The summed E-state index contributed by atoms with van der Waals surface area (Å²) >= 11 is 1.52. The first-order chi connectivity index (χ1) is 12.7. The number of piperazine rings is 1. The van der Waals surface area contributed by atoms with Crippen LogP contribution in [0.4, 0.5) is 0 Å². The molecule has 0 aliphatic carbocycles. The maximum absolute atomic E-state index is 12.6. The summed E-state index contributed by atoms with van der Waals surface area (Å²) < 4.78 is 5.19. The molecule has 138 valence electrons. The van der Waals surface area contributed by atoms with E-state index in [2.05, 4.69) is 10.2 Å². The van der Waals surface area contributed by atoms with Gasteiger partial charge in [0.1, 0.15) is 5.75 Å². The number of carbonyl (C=O) groups excluding carboxylic acids is 2. The zero-order valence-electron chi connectivity index (χ0n) is 14.8. The number of nitrogens with one attached hydrogen (secondary N) is 1. The lowest BCUT2D eigenvalue weighted by molar-refractivity contribution is 0.0637. The number of thiophene rings is 1. The second-order valence-electron chi connectivity index (χ2n) is 6.13. The van der Waals surface area contributed by atoms with Crippen molar-refractivity contribution in [2.75, 3.05) is 46.4 Å². The quantitative estimate of drug-likeness (QED) is 0.841. The minimum Gasteiger partial charge on any atom is -0.497 e. The number of benzene rings is 1. The molecule has 0 bridgehead atoms. The monoisotopic (exact) mass is 373 g/mol. The van der Waals surface area contributed by atoms with E-state index >= 15 is 0 Å². The highest BCUT2D eigenvalue weighted by atomic mass is 32.1. The molecule has 3 rings (SSSR count). The van der Waals surface area contributed by atoms with Crippen LogP contribution in [0.3, 0.4) is 0 Å². The molecular formula is C19H23N3O3S. The Bertz CT molecular complexity index is 740. The lowest BCUT2D eigenvalue weighted by Crippen LogP contribution is -2.50. The molecule has 26 heavy (non-hydrogen) atoms. The Balaban J connectivity index is 1.42. The lowest BCUT2D eigenvalue weighted by Gasteiger charge is -2.34. The molecule has 1 aliphatic heterocycles. The van der Waals surface area contributed by atoms with Gasteiger partial charge >= 0.3 is 0 Å². The summed E-state index contributed by atoms with van der Waals surface area (Å²) in [5.74, 6) is 0.697. The number of methoxy groups -OCH3 is 1. The molecule has 2 heterocycles. The number of hydrogen-bond donors (Lipinski definition) is 1. The average molecular weight is 373 g/mol. The fourth-order valence-corrected chi connectivity index (χ4v) is 3.57. The number of ether oxygens (including phenoxy) is 1. The molecule has 1 aromatic carbocycles. The van der Waals surface area contributed by atoms with Crippen molar-refractivity contribution < 1.29 is 14.3 Å². The van der Waals surface area contributed by atoms with Crippen LogP contribution in [0.1, 0.15) is 20.7 Å². The molecule has 0 radical (unpaired) electrons. The Morgan fingerprint density at radius 3 is 2.65 bits per heavy atom. The summed E-state index contributed by atoms with van der Waals surface area (Å²) in [5.41, 5.74) is 1.37. The average Bonchev–Trinajstić information content (AvgIpc) is 3.23. The van der Waals surface area contributed by atoms with Crippen LogP contribution in [0.15, 0.2) is 41.1 Å². The van der Waals surface area contributed by atoms with Crippen LogP contribution >= 0.6 is 11.3 Å². The van der Waals surface area contributed by atoms with E-state index in [1.807, 2.05) is 39.9 Å². The van der Waals surface area contributed by atoms with E-state index in [1.165, 1.54) is 11.3 Å². The zero-order valence-corrected chi connectivity index (χ0v) is 15.6. The second-order valence-corrected chi connectivity index (χ2v) is 6.91. The van der Waals surface area contributed by atoms with Gasteiger partial charge in [-0.2, -0.15) is 11.3 Å². The van der Waals surface area contributed by atoms with Crippen molar-refractivity contribution in [1.29, 1.82) is 0 Å². The van der Waals surface area contributed by atoms with Gasteiger partial charge in [0.15, 0.2) is 0 Å². The molecule has 1 N–H and O–H groups in total. The van der Waals surface area contributed by atoms with Crippen LogP contribution in [0, 0.1) is 0 Å². The van der Waals surface area contributed by atoms with E-state index in [-0.39, 0.29) is 11.8 Å². The third kappa shape index (κ3) is 4.62. The van der Waals surface area contributed by atoms with Gasteiger partial charge in [-0.1, -0.05) is 6.07 Å². The third-order valence-corrected chi connectivity index (χ3v) is 5.16. The molecule has 1 fully saturated rings. The predicted octanol–water partition coefficient (Wildman–Crippen LogP) is 1.94. The Labute approximate surface area is 157 Å². The first-order valence-electron chi connectivity index (χ1n) is 8.63. The Morgan fingerprint density at radius 2 is 1.96 bits per heavy atom. The van der Waals surface area contributed by atoms with Crippen LogP contribution in [-0.4, -0.2) is 68.0 Å². The van der Waals surface area contributed by atoms with Gasteiger partial charge in [-0.25, -0.2) is 0 Å². The van der Waals surface area contributed by atoms with E-state index in [1.54, 1.807) is 13.2 Å². The highest BCUT2D eigenvalue weighted by Gasteiger charge is 2.22. The Morgan fingerprint density at radius 1 is 1.15 bits per heavy atom. The van der Waals surface area contributed by atoms with Crippen molar-refractivity contribution in [2.24, 2.45) is 0 Å². The van der Waals surface area contributed by atoms with Crippen molar-refractivity contribution in [3.63, 3.8) is 0 Å². The van der Waals surface area contributed by atoms with Gasteiger partial charge in [-0.05, 0) is 29.6 Å². The van der Waals surface area contributed by atoms with Gasteiger partial charge in [0, 0.05) is 55.8 Å². The van der Waals surface area contributed by atoms with E-state index in [0.29, 0.717) is 36.5 Å². The summed E-state index contributed by atoms with van der Waals surface area (Å²) in [6.45, 7) is 4.40. The minimum atomic E-state index is -0.0295. The lowest BCUT2D eigenvalue weighted by atomic mass is 10.1. The zero-order chi connectivity index (χ0) is 18.4. The Kier molecular flexibility index (Phi) is 6.25. The maximum Gasteiger partial charge on any atom is 0.254 e. The van der Waals surface area contributed by atoms with Crippen molar-refractivity contribution in [1.82, 2.24) is 15.1 Å². The Hall–Kier alpha value is -2.38. The van der Waals surface area contributed by atoms with Crippen molar-refractivity contribution in [3.05, 3.63) is 52.2 Å². The summed E-state index contributed by atoms with van der Waals surface area (Å²) in [7, 11) is 1.60. The fraction of sp³-hybridized carbons (Fsp3) is 0.368. The summed E-state index contributed by atoms with van der Waals surface area (Å²) in [5, 5.41) is 6.68. The van der Waals surface area contributed by atoms with Gasteiger partial charge in [0.05, 0.1) is 7.11 Å². The van der Waals surface area contributed by atoms with Crippen molar-refractivity contribution in [2.45, 2.75) is 0 Å². The molecular weight excluding hydrogens is 350 g/mol. The maximum atomic E-state index is 12.6. The van der Waals surface area contributed by atoms with Gasteiger partial charge in [0.2, 0.25) is 0 Å². The summed E-state index contributed by atoms with van der Waals surface area (Å²) in [6.07, 6.45) is 0. The number of carbonyl (C=O) groups is 2. The second kappa shape index (κ2) is 8.82. The van der Waals surface area contributed by atoms with Crippen LogP contribution < -0.4 is 10.1 Å². The summed E-state index contributed by atoms with van der Waals surface area (Å²) in [4.78, 5) is 28.7. The van der Waals surface area contributed by atoms with E-state index in [0.717, 1.165) is 19.6 Å². The molecule has 0 unspecified atom stereocenters. The molecule has 6 nitrogen and oxygen atoms in total. The van der Waals surface area contributed by atoms with E-state index in [9.17, 15) is 9.59 Å². The highest BCUT2D eigenvalue weighted by molar-refractivity contribution is 7.08. The minimum absolute atomic E-state index is 0.0295. The number of amides is 2. The molecule has 1 aliphatic rings. The first-order valence-corrected chi connectivity index (χ1v) is 9.58. The number of hydrogen-bond acceptors (Lipinski definition) is 5. The highest BCUT2D eigenvalue weighted by Crippen LogP contribution is 2.15. The van der Waals surface area contributed by atoms with Crippen molar-refractivity contribution in [3.8, 4) is 5.75 Å². The molecule has 7 heteroatoms. The van der Waals surface area contributed by atoms with Gasteiger partial charge in [-0.15, -0.1) is 0 Å².